The maximum Gasteiger partial charge on any atom is 0.470 e. The number of phosphoric acid groups is 1. The molecular formula is C19H42NO8P. The maximum atomic E-state index is 11.9. The van der Waals surface area contributed by atoms with E-state index in [9.17, 15) is 14.5 Å². The van der Waals surface area contributed by atoms with Crippen molar-refractivity contribution in [2.45, 2.75) is 96.2 Å². The summed E-state index contributed by atoms with van der Waals surface area (Å²) in [6.07, 6.45) is 9.19. The van der Waals surface area contributed by atoms with Gasteiger partial charge in [-0.3, -0.25) is 9.32 Å². The van der Waals surface area contributed by atoms with Gasteiger partial charge in [-0.05, 0) is 6.42 Å². The first kappa shape index (κ1) is 30.8. The maximum absolute atomic E-state index is 11.9. The fourth-order valence-corrected chi connectivity index (χ4v) is 3.25. The molecule has 0 bridgehead atoms. The summed E-state index contributed by atoms with van der Waals surface area (Å²) in [5.41, 5.74) is 4.78. The molecule has 7 N–H and O–H groups in total. The molecule has 0 rings (SSSR count). The van der Waals surface area contributed by atoms with E-state index >= 15 is 0 Å². The monoisotopic (exact) mass is 443 g/mol. The van der Waals surface area contributed by atoms with E-state index in [1.165, 1.54) is 44.9 Å². The summed E-state index contributed by atoms with van der Waals surface area (Å²) in [6.45, 7) is 1.88. The average Bonchev–Trinajstić information content (AvgIpc) is 2.69. The lowest BCUT2D eigenvalue weighted by Gasteiger charge is -2.20. The predicted molar refractivity (Wildman–Crippen MR) is 112 cm³/mol. The number of unbranched alkanes of at least 4 members (excludes halogenated alkanes) is 10. The fourth-order valence-electron chi connectivity index (χ4n) is 2.69. The molecule has 0 aliphatic carbocycles. The molecule has 0 aromatic heterocycles. The number of aliphatic hydroxyl groups is 3. The first-order chi connectivity index (χ1) is 13.7. The number of nitrogens with two attached hydrogens (primary N) is 1. The molecule has 0 fully saturated rings. The van der Waals surface area contributed by atoms with Gasteiger partial charge in [0.1, 0.15) is 6.10 Å². The summed E-state index contributed by atoms with van der Waals surface area (Å²) in [5, 5.41) is 26.1. The van der Waals surface area contributed by atoms with Crippen LogP contribution in [0.15, 0.2) is 0 Å². The third kappa shape index (κ3) is 22.1. The molecule has 2 unspecified atom stereocenters. The summed E-state index contributed by atoms with van der Waals surface area (Å²) >= 11 is 0. The van der Waals surface area contributed by atoms with Crippen molar-refractivity contribution in [2.24, 2.45) is 5.73 Å². The Morgan fingerprint density at radius 2 is 1.34 bits per heavy atom. The molecular weight excluding hydrogens is 401 g/mol. The van der Waals surface area contributed by atoms with Gasteiger partial charge in [0, 0.05) is 13.0 Å². The van der Waals surface area contributed by atoms with Crippen LogP contribution in [0.25, 0.3) is 0 Å². The molecule has 9 nitrogen and oxygen atoms in total. The summed E-state index contributed by atoms with van der Waals surface area (Å²) in [6, 6.07) is 0. The quantitative estimate of drug-likeness (QED) is 0.137. The van der Waals surface area contributed by atoms with Crippen molar-refractivity contribution in [3.05, 3.63) is 0 Å². The van der Waals surface area contributed by atoms with Gasteiger partial charge in [-0.15, -0.1) is 0 Å². The van der Waals surface area contributed by atoms with Crippen molar-refractivity contribution in [1.82, 2.24) is 0 Å². The molecule has 0 aromatic rings. The number of hydrogen-bond donors (Lipinski definition) is 6. The van der Waals surface area contributed by atoms with Crippen LogP contribution in [0.2, 0.25) is 0 Å². The molecule has 10 heteroatoms. The zero-order chi connectivity index (χ0) is 22.5. The third-order valence-corrected chi connectivity index (χ3v) is 4.76. The average molecular weight is 444 g/mol. The van der Waals surface area contributed by atoms with E-state index in [1.54, 1.807) is 0 Å². The molecule has 29 heavy (non-hydrogen) atoms. The van der Waals surface area contributed by atoms with Crippen LogP contribution in [-0.2, 0) is 13.9 Å². The summed E-state index contributed by atoms with van der Waals surface area (Å²) in [7, 11) is -4.90. The number of ketones is 1. The topological polar surface area (TPSA) is 171 Å². The van der Waals surface area contributed by atoms with Gasteiger partial charge in [0.15, 0.2) is 11.9 Å². The van der Waals surface area contributed by atoms with Gasteiger partial charge in [0.25, 0.3) is 0 Å². The van der Waals surface area contributed by atoms with Gasteiger partial charge in [0.2, 0.25) is 0 Å². The van der Waals surface area contributed by atoms with Gasteiger partial charge in [-0.1, -0.05) is 71.1 Å². The molecule has 0 saturated heterocycles. The zero-order valence-electron chi connectivity index (χ0n) is 17.7. The molecule has 0 aromatic carbocycles. The van der Waals surface area contributed by atoms with Crippen molar-refractivity contribution in [2.75, 3.05) is 19.8 Å². The minimum Gasteiger partial charge on any atom is -0.395 e. The Balaban J connectivity index is 0. The van der Waals surface area contributed by atoms with E-state index in [0.29, 0.717) is 13.0 Å². The van der Waals surface area contributed by atoms with E-state index in [1.807, 2.05) is 0 Å². The first-order valence-corrected chi connectivity index (χ1v) is 12.1. The molecule has 176 valence electrons. The van der Waals surface area contributed by atoms with Crippen LogP contribution < -0.4 is 5.73 Å². The zero-order valence-corrected chi connectivity index (χ0v) is 18.6. The molecule has 0 aliphatic rings. The summed E-state index contributed by atoms with van der Waals surface area (Å²) in [4.78, 5) is 29.5. The Morgan fingerprint density at radius 1 is 0.931 bits per heavy atom. The van der Waals surface area contributed by atoms with Crippen LogP contribution in [0.1, 0.15) is 84.0 Å². The van der Waals surface area contributed by atoms with Gasteiger partial charge >= 0.3 is 7.82 Å². The molecule has 2 atom stereocenters. The number of hydrogen-bond acceptors (Lipinski definition) is 7. The van der Waals surface area contributed by atoms with Crippen molar-refractivity contribution < 1.29 is 39.0 Å². The predicted octanol–water partition coefficient (Wildman–Crippen LogP) is 2.03. The molecule has 0 amide bonds. The lowest BCUT2D eigenvalue weighted by atomic mass is 10.0. The number of Topliss-reactive ketones (excluding diaryl/α,β-unsaturated/α-hetero) is 1. The van der Waals surface area contributed by atoms with Crippen LogP contribution in [-0.4, -0.2) is 62.9 Å². The SMILES string of the molecule is CCCCCCCCCCCCCC(=O)C(OP(=O)(O)O)C(O)CO.NCCO. The Labute approximate surface area is 174 Å². The third-order valence-electron chi connectivity index (χ3n) is 4.26. The number of aliphatic hydroxyl groups excluding tert-OH is 3. The minimum atomic E-state index is -4.90. The van der Waals surface area contributed by atoms with Crippen molar-refractivity contribution >= 4 is 13.6 Å². The molecule has 0 heterocycles. The number of carbonyl (C=O) groups excluding carboxylic acids is 1. The van der Waals surface area contributed by atoms with Crippen molar-refractivity contribution in [3.8, 4) is 0 Å². The number of phosphoric ester groups is 1. The van der Waals surface area contributed by atoms with Crippen LogP contribution in [0.5, 0.6) is 0 Å². The lowest BCUT2D eigenvalue weighted by molar-refractivity contribution is -0.133. The number of carbonyl (C=O) groups is 1. The van der Waals surface area contributed by atoms with Crippen LogP contribution in [0.4, 0.5) is 0 Å². The summed E-state index contributed by atoms with van der Waals surface area (Å²) in [5.74, 6) is -0.596. The molecule has 0 spiro atoms. The molecule has 0 saturated carbocycles. The highest BCUT2D eigenvalue weighted by atomic mass is 31.2. The standard InChI is InChI=1S/C17H35O7P.C2H7NO/c1-2-3-4-5-6-7-8-9-10-11-12-13-15(19)17(16(20)14-18)24-25(21,22)23;3-1-2-4/h16-18,20H,2-14H2,1H3,(H2,21,22,23);4H,1-3H2. The Bertz CT molecular complexity index is 417. The Hall–Kier alpha value is -0.380. The fraction of sp³-hybridized carbons (Fsp3) is 0.947. The minimum absolute atomic E-state index is 0.0682. The Morgan fingerprint density at radius 3 is 1.69 bits per heavy atom. The van der Waals surface area contributed by atoms with E-state index < -0.39 is 32.4 Å². The van der Waals surface area contributed by atoms with Gasteiger partial charge < -0.3 is 30.8 Å². The van der Waals surface area contributed by atoms with Crippen molar-refractivity contribution in [3.63, 3.8) is 0 Å². The summed E-state index contributed by atoms with van der Waals surface area (Å²) < 4.78 is 15.2. The van der Waals surface area contributed by atoms with Crippen molar-refractivity contribution in [1.29, 1.82) is 0 Å². The smallest absolute Gasteiger partial charge is 0.395 e. The normalized spacial score (nSPS) is 13.5. The van der Waals surface area contributed by atoms with E-state index in [-0.39, 0.29) is 13.0 Å². The van der Waals surface area contributed by atoms with Crippen LogP contribution >= 0.6 is 7.82 Å². The van der Waals surface area contributed by atoms with Gasteiger partial charge in [-0.25, -0.2) is 4.57 Å². The highest BCUT2D eigenvalue weighted by molar-refractivity contribution is 7.46. The molecule has 0 aliphatic heterocycles. The largest absolute Gasteiger partial charge is 0.470 e. The lowest BCUT2D eigenvalue weighted by Crippen LogP contribution is -2.38. The second-order valence-corrected chi connectivity index (χ2v) is 8.22. The second kappa shape index (κ2) is 20.9. The molecule has 0 radical (unpaired) electrons. The van der Waals surface area contributed by atoms with E-state index in [2.05, 4.69) is 11.4 Å². The van der Waals surface area contributed by atoms with Crippen LogP contribution in [0.3, 0.4) is 0 Å². The van der Waals surface area contributed by atoms with Crippen LogP contribution in [0, 0.1) is 0 Å². The van der Waals surface area contributed by atoms with E-state index in [0.717, 1.165) is 19.3 Å². The second-order valence-electron chi connectivity index (χ2n) is 7.03. The Kier molecular flexibility index (Phi) is 22.2. The van der Waals surface area contributed by atoms with E-state index in [4.69, 9.17) is 25.7 Å². The van der Waals surface area contributed by atoms with Gasteiger partial charge in [-0.2, -0.15) is 0 Å². The number of rotatable bonds is 18. The van der Waals surface area contributed by atoms with Gasteiger partial charge in [0.05, 0.1) is 13.2 Å². The highest BCUT2D eigenvalue weighted by Gasteiger charge is 2.33. The first-order valence-electron chi connectivity index (χ1n) is 10.6. The highest BCUT2D eigenvalue weighted by Crippen LogP contribution is 2.38.